The summed E-state index contributed by atoms with van der Waals surface area (Å²) in [6, 6.07) is 3.63. The summed E-state index contributed by atoms with van der Waals surface area (Å²) >= 11 is 0. The van der Waals surface area contributed by atoms with Crippen LogP contribution in [0.3, 0.4) is 0 Å². The van der Waals surface area contributed by atoms with Crippen molar-refractivity contribution in [2.45, 2.75) is 0 Å². The van der Waals surface area contributed by atoms with Gasteiger partial charge in [-0.25, -0.2) is 0 Å². The molecule has 3 aromatic rings. The molecule has 7 heteroatoms. The minimum atomic E-state index is 0.395. The first-order chi connectivity index (χ1) is 8.22. The van der Waals surface area contributed by atoms with Crippen molar-refractivity contribution in [1.82, 2.24) is 29.8 Å². The van der Waals surface area contributed by atoms with Crippen LogP contribution in [0.1, 0.15) is 0 Å². The van der Waals surface area contributed by atoms with E-state index in [1.54, 1.807) is 9.36 Å². The lowest BCUT2D eigenvalue weighted by atomic mass is 10.4. The van der Waals surface area contributed by atoms with Gasteiger partial charge in [0.25, 0.3) is 11.8 Å². The molecule has 3 heterocycles. The zero-order valence-corrected chi connectivity index (χ0v) is 9.40. The molecule has 0 fully saturated rings. The van der Waals surface area contributed by atoms with E-state index in [9.17, 15) is 0 Å². The summed E-state index contributed by atoms with van der Waals surface area (Å²) in [4.78, 5) is 0. The molecule has 0 bridgehead atoms. The zero-order chi connectivity index (χ0) is 11.8. The van der Waals surface area contributed by atoms with Crippen molar-refractivity contribution >= 4 is 0 Å². The maximum absolute atomic E-state index is 5.51. The van der Waals surface area contributed by atoms with Crippen LogP contribution in [0.2, 0.25) is 0 Å². The number of aromatic nitrogens is 6. The highest BCUT2D eigenvalue weighted by Crippen LogP contribution is 2.20. The van der Waals surface area contributed by atoms with Gasteiger partial charge in [0.2, 0.25) is 0 Å². The lowest BCUT2D eigenvalue weighted by molar-refractivity contribution is 0.575. The number of hydrogen-bond acceptors (Lipinski definition) is 5. The highest BCUT2D eigenvalue weighted by atomic mass is 16.4. The van der Waals surface area contributed by atoms with Gasteiger partial charge in [-0.1, -0.05) is 0 Å². The van der Waals surface area contributed by atoms with Crippen molar-refractivity contribution in [2.24, 2.45) is 14.1 Å². The molecular formula is C10H10N6O. The Balaban J connectivity index is 1.98. The molecule has 7 nitrogen and oxygen atoms in total. The molecule has 0 spiro atoms. The Bertz CT molecular complexity index is 594. The molecule has 0 saturated heterocycles. The SMILES string of the molecule is Cn1ccc(-c2nnc(-c3ccn(C)n3)o2)n1. The summed E-state index contributed by atoms with van der Waals surface area (Å²) in [5.74, 6) is 0.789. The highest BCUT2D eigenvalue weighted by Gasteiger charge is 2.13. The van der Waals surface area contributed by atoms with Gasteiger partial charge < -0.3 is 4.42 Å². The molecule has 0 aliphatic heterocycles. The summed E-state index contributed by atoms with van der Waals surface area (Å²) in [6.07, 6.45) is 3.64. The van der Waals surface area contributed by atoms with Crippen molar-refractivity contribution in [2.75, 3.05) is 0 Å². The van der Waals surface area contributed by atoms with Crippen LogP contribution in [0, 0.1) is 0 Å². The van der Waals surface area contributed by atoms with E-state index in [4.69, 9.17) is 4.42 Å². The molecule has 17 heavy (non-hydrogen) atoms. The molecule has 0 aromatic carbocycles. The van der Waals surface area contributed by atoms with Crippen molar-refractivity contribution < 1.29 is 4.42 Å². The topological polar surface area (TPSA) is 74.6 Å². The second kappa shape index (κ2) is 3.55. The van der Waals surface area contributed by atoms with Gasteiger partial charge in [0, 0.05) is 26.5 Å². The molecule has 3 aromatic heterocycles. The maximum Gasteiger partial charge on any atom is 0.268 e. The van der Waals surface area contributed by atoms with E-state index >= 15 is 0 Å². The third kappa shape index (κ3) is 1.71. The quantitative estimate of drug-likeness (QED) is 0.653. The zero-order valence-electron chi connectivity index (χ0n) is 9.40. The molecule has 0 N–H and O–H groups in total. The van der Waals surface area contributed by atoms with Crippen LogP contribution in [-0.2, 0) is 14.1 Å². The number of nitrogens with zero attached hydrogens (tertiary/aromatic N) is 6. The van der Waals surface area contributed by atoms with Crippen molar-refractivity contribution in [3.8, 4) is 23.2 Å². The molecule has 3 rings (SSSR count). The summed E-state index contributed by atoms with van der Waals surface area (Å²) in [5, 5.41) is 16.3. The third-order valence-electron chi connectivity index (χ3n) is 2.29. The Labute approximate surface area is 96.7 Å². The predicted octanol–water partition coefficient (Wildman–Crippen LogP) is 0.871. The molecule has 0 atom stereocenters. The maximum atomic E-state index is 5.51. The average Bonchev–Trinajstić information content (AvgIpc) is 2.96. The normalized spacial score (nSPS) is 10.9. The van der Waals surface area contributed by atoms with Gasteiger partial charge in [-0.05, 0) is 12.1 Å². The van der Waals surface area contributed by atoms with E-state index in [-0.39, 0.29) is 0 Å². The summed E-state index contributed by atoms with van der Waals surface area (Å²) in [6.45, 7) is 0. The van der Waals surface area contributed by atoms with Crippen LogP contribution in [-0.4, -0.2) is 29.8 Å². The Hall–Kier alpha value is -2.44. The van der Waals surface area contributed by atoms with Crippen LogP contribution in [0.15, 0.2) is 28.9 Å². The summed E-state index contributed by atoms with van der Waals surface area (Å²) in [5.41, 5.74) is 1.31. The van der Waals surface area contributed by atoms with E-state index in [2.05, 4.69) is 20.4 Å². The standard InChI is InChI=1S/C10H10N6O/c1-15-5-3-7(13-15)9-11-12-10(17-9)8-4-6-16(2)14-8/h3-6H,1-2H3. The fourth-order valence-corrected chi connectivity index (χ4v) is 1.49. The molecule has 0 unspecified atom stereocenters. The largest absolute Gasteiger partial charge is 0.413 e. The van der Waals surface area contributed by atoms with Crippen molar-refractivity contribution in [3.63, 3.8) is 0 Å². The number of aryl methyl sites for hydroxylation is 2. The Morgan fingerprint density at radius 1 is 0.882 bits per heavy atom. The minimum Gasteiger partial charge on any atom is -0.413 e. The molecule has 0 saturated carbocycles. The van der Waals surface area contributed by atoms with E-state index in [0.717, 1.165) is 0 Å². The molecular weight excluding hydrogens is 220 g/mol. The van der Waals surface area contributed by atoms with Gasteiger partial charge in [0.05, 0.1) is 0 Å². The Morgan fingerprint density at radius 3 is 1.71 bits per heavy atom. The van der Waals surface area contributed by atoms with Crippen LogP contribution < -0.4 is 0 Å². The lowest BCUT2D eigenvalue weighted by Gasteiger charge is -1.87. The number of rotatable bonds is 2. The predicted molar refractivity (Wildman–Crippen MR) is 58.7 cm³/mol. The van der Waals surface area contributed by atoms with Crippen LogP contribution in [0.25, 0.3) is 23.2 Å². The Kier molecular flexibility index (Phi) is 2.04. The lowest BCUT2D eigenvalue weighted by Crippen LogP contribution is -1.87. The van der Waals surface area contributed by atoms with Crippen LogP contribution in [0.4, 0.5) is 0 Å². The Morgan fingerprint density at radius 2 is 1.35 bits per heavy atom. The fourth-order valence-electron chi connectivity index (χ4n) is 1.49. The molecule has 86 valence electrons. The molecule has 0 aliphatic carbocycles. The molecule has 0 aliphatic rings. The van der Waals surface area contributed by atoms with Gasteiger partial charge in [-0.2, -0.15) is 10.2 Å². The van der Waals surface area contributed by atoms with E-state index in [0.29, 0.717) is 23.2 Å². The summed E-state index contributed by atoms with van der Waals surface area (Å²) in [7, 11) is 3.67. The van der Waals surface area contributed by atoms with Gasteiger partial charge >= 0.3 is 0 Å². The van der Waals surface area contributed by atoms with Gasteiger partial charge in [0.1, 0.15) is 11.4 Å². The highest BCUT2D eigenvalue weighted by molar-refractivity contribution is 5.50. The smallest absolute Gasteiger partial charge is 0.268 e. The molecule has 0 radical (unpaired) electrons. The number of hydrogen-bond donors (Lipinski definition) is 0. The van der Waals surface area contributed by atoms with Gasteiger partial charge in [-0.15, -0.1) is 10.2 Å². The minimum absolute atomic E-state index is 0.395. The second-order valence-electron chi connectivity index (χ2n) is 3.66. The van der Waals surface area contributed by atoms with E-state index < -0.39 is 0 Å². The van der Waals surface area contributed by atoms with Crippen molar-refractivity contribution in [1.29, 1.82) is 0 Å². The summed E-state index contributed by atoms with van der Waals surface area (Å²) < 4.78 is 8.87. The second-order valence-corrected chi connectivity index (χ2v) is 3.66. The first kappa shape index (κ1) is 9.76. The monoisotopic (exact) mass is 230 g/mol. The van der Waals surface area contributed by atoms with Crippen LogP contribution >= 0.6 is 0 Å². The first-order valence-electron chi connectivity index (χ1n) is 5.06. The average molecular weight is 230 g/mol. The third-order valence-corrected chi connectivity index (χ3v) is 2.29. The van der Waals surface area contributed by atoms with Crippen molar-refractivity contribution in [3.05, 3.63) is 24.5 Å². The van der Waals surface area contributed by atoms with E-state index in [1.165, 1.54) is 0 Å². The van der Waals surface area contributed by atoms with Crippen LogP contribution in [0.5, 0.6) is 0 Å². The van der Waals surface area contributed by atoms with Gasteiger partial charge in [0.15, 0.2) is 0 Å². The first-order valence-corrected chi connectivity index (χ1v) is 5.06. The molecule has 0 amide bonds. The van der Waals surface area contributed by atoms with E-state index in [1.807, 2.05) is 38.6 Å². The van der Waals surface area contributed by atoms with Gasteiger partial charge in [-0.3, -0.25) is 9.36 Å². The fraction of sp³-hybridized carbons (Fsp3) is 0.200.